The minimum absolute atomic E-state index is 0.0436. The van der Waals surface area contributed by atoms with Crippen LogP contribution in [0.25, 0.3) is 0 Å². The first-order valence-corrected chi connectivity index (χ1v) is 9.48. The zero-order chi connectivity index (χ0) is 18.4. The molecule has 3 N–H and O–H groups in total. The van der Waals surface area contributed by atoms with Crippen LogP contribution in [0.1, 0.15) is 68.1 Å². The molecular weight excluding hydrogens is 318 g/mol. The first-order chi connectivity index (χ1) is 12.0. The summed E-state index contributed by atoms with van der Waals surface area (Å²) in [5.74, 6) is -0.617. The molecule has 140 valence electrons. The minimum Gasteiger partial charge on any atom is -0.507 e. The highest BCUT2D eigenvalue weighted by Gasteiger charge is 2.24. The number of hydrogen-bond acceptors (Lipinski definition) is 4. The molecule has 0 aromatic carbocycles. The second-order valence-corrected chi connectivity index (χ2v) is 6.89. The molecule has 2 rings (SSSR count). The lowest BCUT2D eigenvalue weighted by Crippen LogP contribution is -2.37. The lowest BCUT2D eigenvalue weighted by molar-refractivity contribution is 0.0932. The van der Waals surface area contributed by atoms with Crippen LogP contribution in [0, 0.1) is 0 Å². The first-order valence-electron chi connectivity index (χ1n) is 9.48. The molecule has 0 aliphatic heterocycles. The Morgan fingerprint density at radius 3 is 2.64 bits per heavy atom. The molecule has 1 amide bonds. The number of H-pyrrole nitrogens is 1. The first kappa shape index (κ1) is 19.5. The van der Waals surface area contributed by atoms with Gasteiger partial charge in [0.1, 0.15) is 11.3 Å². The molecule has 0 saturated carbocycles. The zero-order valence-electron chi connectivity index (χ0n) is 15.7. The van der Waals surface area contributed by atoms with E-state index < -0.39 is 11.5 Å². The zero-order valence-corrected chi connectivity index (χ0v) is 15.7. The highest BCUT2D eigenvalue weighted by molar-refractivity contribution is 5.97. The second-order valence-electron chi connectivity index (χ2n) is 6.89. The van der Waals surface area contributed by atoms with Crippen molar-refractivity contribution in [1.29, 1.82) is 0 Å². The molecule has 1 aromatic heterocycles. The van der Waals surface area contributed by atoms with E-state index in [9.17, 15) is 14.7 Å². The van der Waals surface area contributed by atoms with E-state index in [1.165, 1.54) is 0 Å². The van der Waals surface area contributed by atoms with E-state index in [1.807, 2.05) is 6.92 Å². The number of nitrogens with one attached hydrogen (secondary N) is 2. The molecule has 1 aliphatic rings. The number of pyridine rings is 1. The quantitative estimate of drug-likeness (QED) is 0.672. The van der Waals surface area contributed by atoms with Crippen LogP contribution in [-0.4, -0.2) is 46.6 Å². The predicted molar refractivity (Wildman–Crippen MR) is 99.3 cm³/mol. The van der Waals surface area contributed by atoms with Gasteiger partial charge in [-0.1, -0.05) is 13.8 Å². The number of aromatic amines is 1. The highest BCUT2D eigenvalue weighted by Crippen LogP contribution is 2.28. The van der Waals surface area contributed by atoms with Crippen molar-refractivity contribution in [1.82, 2.24) is 15.2 Å². The van der Waals surface area contributed by atoms with Crippen molar-refractivity contribution < 1.29 is 9.90 Å². The summed E-state index contributed by atoms with van der Waals surface area (Å²) in [6.45, 7) is 9.26. The Morgan fingerprint density at radius 1 is 1.28 bits per heavy atom. The number of amides is 1. The van der Waals surface area contributed by atoms with Crippen molar-refractivity contribution in [3.05, 3.63) is 27.2 Å². The van der Waals surface area contributed by atoms with Crippen LogP contribution in [0.5, 0.6) is 5.75 Å². The summed E-state index contributed by atoms with van der Waals surface area (Å²) in [4.78, 5) is 29.8. The molecule has 25 heavy (non-hydrogen) atoms. The van der Waals surface area contributed by atoms with Crippen LogP contribution >= 0.6 is 0 Å². The number of rotatable bonds is 8. The van der Waals surface area contributed by atoms with E-state index in [1.54, 1.807) is 0 Å². The standard InChI is InChI=1S/C19H31N3O3/c1-4-22(5-2)12-8-9-13(3)20-18(24)16-17(23)14-10-6-7-11-15(14)21-19(16)25/h13H,4-12H2,1-3H3,(H,20,24)(H2,21,23,25). The Kier molecular flexibility index (Phi) is 7.05. The molecule has 6 nitrogen and oxygen atoms in total. The van der Waals surface area contributed by atoms with Gasteiger partial charge in [0.15, 0.2) is 0 Å². The third kappa shape index (κ3) is 4.84. The molecule has 0 bridgehead atoms. The van der Waals surface area contributed by atoms with Gasteiger partial charge in [-0.2, -0.15) is 0 Å². The number of carbonyl (C=O) groups is 1. The van der Waals surface area contributed by atoms with E-state index in [0.29, 0.717) is 6.42 Å². The molecule has 1 aromatic rings. The highest BCUT2D eigenvalue weighted by atomic mass is 16.3. The van der Waals surface area contributed by atoms with Gasteiger partial charge >= 0.3 is 0 Å². The van der Waals surface area contributed by atoms with Gasteiger partial charge < -0.3 is 20.3 Å². The van der Waals surface area contributed by atoms with E-state index in [-0.39, 0.29) is 17.4 Å². The molecule has 1 atom stereocenters. The summed E-state index contributed by atoms with van der Waals surface area (Å²) in [6, 6.07) is -0.0436. The predicted octanol–water partition coefficient (Wildman–Crippen LogP) is 2.20. The number of hydrogen-bond donors (Lipinski definition) is 3. The van der Waals surface area contributed by atoms with E-state index in [4.69, 9.17) is 0 Å². The van der Waals surface area contributed by atoms with Gasteiger partial charge in [-0.25, -0.2) is 0 Å². The third-order valence-electron chi connectivity index (χ3n) is 5.09. The Morgan fingerprint density at radius 2 is 1.96 bits per heavy atom. The molecule has 0 saturated heterocycles. The van der Waals surface area contributed by atoms with Crippen LogP contribution in [0.15, 0.2) is 4.79 Å². The van der Waals surface area contributed by atoms with Gasteiger partial charge in [0.25, 0.3) is 11.5 Å². The average Bonchev–Trinajstić information content (AvgIpc) is 2.58. The van der Waals surface area contributed by atoms with Gasteiger partial charge in [-0.15, -0.1) is 0 Å². The number of aromatic nitrogens is 1. The topological polar surface area (TPSA) is 85.4 Å². The number of aromatic hydroxyl groups is 1. The third-order valence-corrected chi connectivity index (χ3v) is 5.09. The maximum atomic E-state index is 12.5. The van der Waals surface area contributed by atoms with Gasteiger partial charge in [-0.05, 0) is 65.1 Å². The number of carbonyl (C=O) groups excluding carboxylic acids is 1. The SMILES string of the molecule is CCN(CC)CCCC(C)NC(=O)c1c(O)c2c([nH]c1=O)CCCC2. The van der Waals surface area contributed by atoms with Crippen molar-refractivity contribution in [2.24, 2.45) is 0 Å². The minimum atomic E-state index is -0.494. The fourth-order valence-electron chi connectivity index (χ4n) is 3.50. The summed E-state index contributed by atoms with van der Waals surface area (Å²) in [5, 5.41) is 13.3. The Bertz CT molecular complexity index is 650. The fourth-order valence-corrected chi connectivity index (χ4v) is 3.50. The van der Waals surface area contributed by atoms with Gasteiger partial charge in [0, 0.05) is 17.3 Å². The molecule has 0 radical (unpaired) electrons. The summed E-state index contributed by atoms with van der Waals surface area (Å²) in [7, 11) is 0. The van der Waals surface area contributed by atoms with Crippen LogP contribution in [0.3, 0.4) is 0 Å². The molecular formula is C19H31N3O3. The van der Waals surface area contributed by atoms with Crippen molar-refractivity contribution in [3.8, 4) is 5.75 Å². The van der Waals surface area contributed by atoms with Crippen molar-refractivity contribution in [3.63, 3.8) is 0 Å². The number of fused-ring (bicyclic) bond motifs is 1. The van der Waals surface area contributed by atoms with E-state index in [2.05, 4.69) is 29.0 Å². The number of aryl methyl sites for hydroxylation is 1. The van der Waals surface area contributed by atoms with Gasteiger partial charge in [-0.3, -0.25) is 9.59 Å². The monoisotopic (exact) mass is 349 g/mol. The summed E-state index contributed by atoms with van der Waals surface area (Å²) >= 11 is 0. The van der Waals surface area contributed by atoms with Crippen LogP contribution in [0.4, 0.5) is 0 Å². The molecule has 1 unspecified atom stereocenters. The molecule has 6 heteroatoms. The average molecular weight is 349 g/mol. The molecule has 1 heterocycles. The van der Waals surface area contributed by atoms with Crippen LogP contribution in [0.2, 0.25) is 0 Å². The lowest BCUT2D eigenvalue weighted by Gasteiger charge is -2.21. The summed E-state index contributed by atoms with van der Waals surface area (Å²) < 4.78 is 0. The molecule has 1 aliphatic carbocycles. The smallest absolute Gasteiger partial charge is 0.264 e. The Labute approximate surface area is 149 Å². The summed E-state index contributed by atoms with van der Waals surface area (Å²) in [6.07, 6.45) is 5.24. The normalized spacial score (nSPS) is 15.0. The van der Waals surface area contributed by atoms with Crippen molar-refractivity contribution in [2.75, 3.05) is 19.6 Å². The maximum absolute atomic E-state index is 12.5. The lowest BCUT2D eigenvalue weighted by atomic mass is 9.93. The van der Waals surface area contributed by atoms with Crippen LogP contribution < -0.4 is 10.9 Å². The van der Waals surface area contributed by atoms with Crippen LogP contribution in [-0.2, 0) is 12.8 Å². The fraction of sp³-hybridized carbons (Fsp3) is 0.684. The maximum Gasteiger partial charge on any atom is 0.264 e. The van der Waals surface area contributed by atoms with E-state index >= 15 is 0 Å². The van der Waals surface area contributed by atoms with Gasteiger partial charge in [0.2, 0.25) is 0 Å². The molecule has 0 fully saturated rings. The summed E-state index contributed by atoms with van der Waals surface area (Å²) in [5.41, 5.74) is 0.866. The van der Waals surface area contributed by atoms with Crippen molar-refractivity contribution >= 4 is 5.91 Å². The van der Waals surface area contributed by atoms with E-state index in [0.717, 1.165) is 63.0 Å². The number of nitrogens with zero attached hydrogens (tertiary/aromatic N) is 1. The van der Waals surface area contributed by atoms with Crippen molar-refractivity contribution in [2.45, 2.75) is 65.3 Å². The largest absolute Gasteiger partial charge is 0.507 e. The molecule has 0 spiro atoms. The second kappa shape index (κ2) is 9.04. The van der Waals surface area contributed by atoms with Gasteiger partial charge in [0.05, 0.1) is 0 Å². The Balaban J connectivity index is 2.00. The Hall–Kier alpha value is -1.82.